The smallest absolute Gasteiger partial charge is 0.480 e. The standard InChI is InChI=1S/C45H68N7O12P/c1-9-28(8)38(51-42(56)36(46)26(4)5)43(57)48-32(24-30-17-19-31(20-18-30)64-65(61,62)63)39(53)47-33(23-29-14-11-10-12-15-29)40(54)50-37(27(6)7)44(58)52-21-13-16-35(52)41(55)49-34(45(59)60)22-25(2)3/h10-12,14-15,17-20,25-28,32-38H,9,13,16,21-24,46H2,1-8H3,(H,47,53)(H,48,57)(H,49,55)(H,50,54)(H,51,56)(H,59,60)(H2,61,62,63)/t28-,32-,33-,34-,35-,36-,37-,38-/m0/s1. The lowest BCUT2D eigenvalue weighted by Crippen LogP contribution is -2.61. The molecule has 19 nitrogen and oxygen atoms in total. The first-order chi connectivity index (χ1) is 30.4. The molecule has 65 heavy (non-hydrogen) atoms. The number of aliphatic carboxylic acids is 1. The van der Waals surface area contributed by atoms with Crippen LogP contribution in [0.5, 0.6) is 5.75 Å². The number of rotatable bonds is 24. The van der Waals surface area contributed by atoms with E-state index < -0.39 is 103 Å². The average Bonchev–Trinajstić information content (AvgIpc) is 3.73. The van der Waals surface area contributed by atoms with Crippen molar-refractivity contribution in [2.75, 3.05) is 6.54 Å². The van der Waals surface area contributed by atoms with Crippen LogP contribution >= 0.6 is 7.82 Å². The van der Waals surface area contributed by atoms with E-state index in [0.29, 0.717) is 24.0 Å². The molecule has 1 aliphatic rings. The first-order valence-electron chi connectivity index (χ1n) is 22.1. The molecule has 0 unspecified atom stereocenters. The van der Waals surface area contributed by atoms with Gasteiger partial charge in [0.15, 0.2) is 0 Å². The van der Waals surface area contributed by atoms with E-state index in [9.17, 15) is 53.0 Å². The van der Waals surface area contributed by atoms with Crippen molar-refractivity contribution in [2.24, 2.45) is 29.4 Å². The summed E-state index contributed by atoms with van der Waals surface area (Å²) in [6, 6.07) is 6.17. The summed E-state index contributed by atoms with van der Waals surface area (Å²) in [5.74, 6) is -6.51. The van der Waals surface area contributed by atoms with Crippen molar-refractivity contribution < 1.29 is 57.5 Å². The number of hydrogen-bond acceptors (Lipinski definition) is 10. The molecule has 360 valence electrons. The first kappa shape index (κ1) is 54.0. The van der Waals surface area contributed by atoms with E-state index >= 15 is 0 Å². The number of amides is 6. The van der Waals surface area contributed by atoms with E-state index in [1.807, 2.05) is 20.8 Å². The predicted octanol–water partition coefficient (Wildman–Crippen LogP) is 2.17. The molecule has 0 aliphatic carbocycles. The molecule has 6 amide bonds. The Balaban J connectivity index is 1.98. The van der Waals surface area contributed by atoms with Crippen molar-refractivity contribution in [1.82, 2.24) is 31.5 Å². The molecule has 2 aromatic rings. The Morgan fingerprint density at radius 3 is 1.77 bits per heavy atom. The van der Waals surface area contributed by atoms with Crippen LogP contribution in [0.4, 0.5) is 0 Å². The topological polar surface area (TPSA) is 296 Å². The van der Waals surface area contributed by atoms with Gasteiger partial charge in [0.25, 0.3) is 0 Å². The molecule has 1 fully saturated rings. The summed E-state index contributed by atoms with van der Waals surface area (Å²) in [5.41, 5.74) is 7.17. The normalized spacial score (nSPS) is 17.3. The number of likely N-dealkylation sites (tertiary alicyclic amines) is 1. The Morgan fingerprint density at radius 2 is 1.26 bits per heavy atom. The highest BCUT2D eigenvalue weighted by molar-refractivity contribution is 7.46. The third kappa shape index (κ3) is 16.9. The van der Waals surface area contributed by atoms with Crippen LogP contribution in [0.2, 0.25) is 0 Å². The molecular formula is C45H68N7O12P. The Kier molecular flexibility index (Phi) is 20.6. The summed E-state index contributed by atoms with van der Waals surface area (Å²) in [7, 11) is -4.88. The minimum absolute atomic E-state index is 0.0259. The summed E-state index contributed by atoms with van der Waals surface area (Å²) in [5, 5.41) is 23.4. The van der Waals surface area contributed by atoms with Crippen molar-refractivity contribution in [1.29, 1.82) is 0 Å². The highest BCUT2D eigenvalue weighted by Crippen LogP contribution is 2.37. The van der Waals surface area contributed by atoms with Crippen LogP contribution in [0.1, 0.15) is 92.2 Å². The van der Waals surface area contributed by atoms with E-state index in [4.69, 9.17) is 5.73 Å². The van der Waals surface area contributed by atoms with Gasteiger partial charge < -0.3 is 46.8 Å². The molecule has 20 heteroatoms. The molecule has 8 atom stereocenters. The molecule has 0 bridgehead atoms. The van der Waals surface area contributed by atoms with Gasteiger partial charge in [-0.1, -0.05) is 104 Å². The second-order valence-electron chi connectivity index (χ2n) is 17.8. The van der Waals surface area contributed by atoms with Crippen LogP contribution in [0.15, 0.2) is 54.6 Å². The Hall–Kier alpha value is -5.36. The minimum Gasteiger partial charge on any atom is -0.480 e. The zero-order valence-corrected chi connectivity index (χ0v) is 39.4. The molecule has 2 aromatic carbocycles. The van der Waals surface area contributed by atoms with E-state index in [1.54, 1.807) is 65.0 Å². The van der Waals surface area contributed by atoms with Crippen molar-refractivity contribution in [2.45, 2.75) is 136 Å². The predicted molar refractivity (Wildman–Crippen MR) is 242 cm³/mol. The number of carboxylic acid groups (broad SMARTS) is 1. The summed E-state index contributed by atoms with van der Waals surface area (Å²) < 4.78 is 16.1. The maximum absolute atomic E-state index is 14.5. The number of carbonyl (C=O) groups is 7. The number of nitrogens with zero attached hydrogens (tertiary/aromatic N) is 1. The summed E-state index contributed by atoms with van der Waals surface area (Å²) in [4.78, 5) is 116. The number of nitrogens with one attached hydrogen (secondary N) is 5. The van der Waals surface area contributed by atoms with Crippen molar-refractivity contribution >= 4 is 49.2 Å². The summed E-state index contributed by atoms with van der Waals surface area (Å²) in [6.07, 6.45) is 1.17. The van der Waals surface area contributed by atoms with Crippen LogP contribution < -0.4 is 36.8 Å². The van der Waals surface area contributed by atoms with Gasteiger partial charge in [0.05, 0.1) is 6.04 Å². The highest BCUT2D eigenvalue weighted by atomic mass is 31.2. The second kappa shape index (κ2) is 24.8. The summed E-state index contributed by atoms with van der Waals surface area (Å²) in [6.45, 7) is 14.4. The third-order valence-corrected chi connectivity index (χ3v) is 11.8. The number of phosphoric ester groups is 1. The molecular weight excluding hydrogens is 862 g/mol. The van der Waals surface area contributed by atoms with Gasteiger partial charge in [-0.05, 0) is 66.2 Å². The molecule has 1 heterocycles. The van der Waals surface area contributed by atoms with E-state index in [0.717, 1.165) is 0 Å². The van der Waals surface area contributed by atoms with Crippen LogP contribution in [-0.4, -0.2) is 110 Å². The van der Waals surface area contributed by atoms with Crippen LogP contribution in [-0.2, 0) is 51.0 Å². The lowest BCUT2D eigenvalue weighted by Gasteiger charge is -2.32. The van der Waals surface area contributed by atoms with Gasteiger partial charge in [0.1, 0.15) is 42.0 Å². The number of carboxylic acids is 1. The van der Waals surface area contributed by atoms with Gasteiger partial charge in [0, 0.05) is 19.4 Å². The molecule has 1 saturated heterocycles. The average molecular weight is 930 g/mol. The lowest BCUT2D eigenvalue weighted by atomic mass is 9.95. The highest BCUT2D eigenvalue weighted by Gasteiger charge is 2.41. The fraction of sp³-hybridized carbons (Fsp3) is 0.578. The van der Waals surface area contributed by atoms with Crippen molar-refractivity contribution in [3.05, 3.63) is 65.7 Å². The van der Waals surface area contributed by atoms with Crippen LogP contribution in [0.3, 0.4) is 0 Å². The third-order valence-electron chi connectivity index (χ3n) is 11.3. The van der Waals surface area contributed by atoms with Gasteiger partial charge in [-0.3, -0.25) is 38.6 Å². The molecule has 3 rings (SSSR count). The largest absolute Gasteiger partial charge is 0.524 e. The lowest BCUT2D eigenvalue weighted by molar-refractivity contribution is -0.145. The van der Waals surface area contributed by atoms with Crippen molar-refractivity contribution in [3.63, 3.8) is 0 Å². The SMILES string of the molecule is CC[C@H](C)[C@H](NC(=O)[C@@H](N)C(C)C)C(=O)N[C@@H](Cc1ccc(OP(=O)(O)O)cc1)C(=O)N[C@@H](Cc1ccccc1)C(=O)N[C@H](C(=O)N1CCC[C@H]1C(=O)N[C@@H](CC(C)C)C(=O)O)C(C)C. The van der Waals surface area contributed by atoms with Gasteiger partial charge in [-0.2, -0.15) is 0 Å². The monoisotopic (exact) mass is 929 g/mol. The number of phosphoric acid groups is 1. The fourth-order valence-corrected chi connectivity index (χ4v) is 7.72. The molecule has 0 saturated carbocycles. The molecule has 10 N–H and O–H groups in total. The Labute approximate surface area is 381 Å². The number of carbonyl (C=O) groups excluding carboxylic acids is 6. The van der Waals surface area contributed by atoms with Gasteiger partial charge in [-0.25, -0.2) is 9.36 Å². The first-order valence-corrected chi connectivity index (χ1v) is 23.6. The van der Waals surface area contributed by atoms with Crippen molar-refractivity contribution in [3.8, 4) is 5.75 Å². The van der Waals surface area contributed by atoms with E-state index in [-0.39, 0.29) is 49.8 Å². The fourth-order valence-electron chi connectivity index (χ4n) is 7.33. The number of nitrogens with two attached hydrogens (primary N) is 1. The van der Waals surface area contributed by atoms with E-state index in [1.165, 1.54) is 29.2 Å². The van der Waals surface area contributed by atoms with Gasteiger partial charge >= 0.3 is 13.8 Å². The van der Waals surface area contributed by atoms with E-state index in [2.05, 4.69) is 31.1 Å². The van der Waals surface area contributed by atoms with Gasteiger partial charge in [-0.15, -0.1) is 0 Å². The van der Waals surface area contributed by atoms with Gasteiger partial charge in [0.2, 0.25) is 35.4 Å². The maximum atomic E-state index is 14.5. The minimum atomic E-state index is -4.88. The maximum Gasteiger partial charge on any atom is 0.524 e. The summed E-state index contributed by atoms with van der Waals surface area (Å²) >= 11 is 0. The van der Waals surface area contributed by atoms with Crippen LogP contribution in [0, 0.1) is 23.7 Å². The molecule has 1 aliphatic heterocycles. The zero-order valence-electron chi connectivity index (χ0n) is 38.5. The molecule has 0 aromatic heterocycles. The molecule has 0 radical (unpaired) electrons. The Bertz CT molecular complexity index is 2000. The Morgan fingerprint density at radius 1 is 0.723 bits per heavy atom. The van der Waals surface area contributed by atoms with Crippen LogP contribution in [0.25, 0.3) is 0 Å². The quantitative estimate of drug-likeness (QED) is 0.0684. The second-order valence-corrected chi connectivity index (χ2v) is 19.0. The number of benzene rings is 2. The molecule has 0 spiro atoms. The number of hydrogen-bond donors (Lipinski definition) is 9. The zero-order chi connectivity index (χ0) is 48.8.